The molecule has 1 aliphatic heterocycles. The molecule has 2 heterocycles. The molecular formula is C22H15NO4S2. The van der Waals surface area contributed by atoms with E-state index < -0.39 is 5.97 Å². The minimum absolute atomic E-state index is 0.187. The van der Waals surface area contributed by atoms with Crippen LogP contribution in [0.4, 0.5) is 5.69 Å². The average Bonchev–Trinajstić information content (AvgIpc) is 3.27. The highest BCUT2D eigenvalue weighted by molar-refractivity contribution is 8.27. The maximum atomic E-state index is 12.8. The van der Waals surface area contributed by atoms with E-state index in [9.17, 15) is 14.7 Å². The molecule has 0 saturated carbocycles. The minimum Gasteiger partial charge on any atom is -0.478 e. The Hall–Kier alpha value is -3.16. The summed E-state index contributed by atoms with van der Waals surface area (Å²) >= 11 is 6.59. The first kappa shape index (κ1) is 19.2. The molecule has 1 aliphatic rings. The van der Waals surface area contributed by atoms with Gasteiger partial charge in [0, 0.05) is 11.6 Å². The van der Waals surface area contributed by atoms with Crippen molar-refractivity contribution in [1.82, 2.24) is 0 Å². The third-order valence-corrected chi connectivity index (χ3v) is 5.76. The van der Waals surface area contributed by atoms with Crippen LogP contribution in [0.1, 0.15) is 21.7 Å². The van der Waals surface area contributed by atoms with Crippen molar-refractivity contribution in [1.29, 1.82) is 0 Å². The van der Waals surface area contributed by atoms with E-state index in [0.29, 0.717) is 26.3 Å². The number of aryl methyl sites for hydroxylation is 1. The number of para-hydroxylation sites is 1. The van der Waals surface area contributed by atoms with Crippen LogP contribution in [0.15, 0.2) is 70.0 Å². The predicted octanol–water partition coefficient (Wildman–Crippen LogP) is 5.36. The van der Waals surface area contributed by atoms with E-state index in [1.165, 1.54) is 16.7 Å². The summed E-state index contributed by atoms with van der Waals surface area (Å²) in [5.41, 5.74) is 2.50. The van der Waals surface area contributed by atoms with E-state index in [0.717, 1.165) is 11.3 Å². The minimum atomic E-state index is -0.998. The highest BCUT2D eigenvalue weighted by Gasteiger charge is 2.33. The summed E-state index contributed by atoms with van der Waals surface area (Å²) in [4.78, 5) is 26.0. The molecule has 1 N–H and O–H groups in total. The molecule has 1 fully saturated rings. The van der Waals surface area contributed by atoms with Crippen LogP contribution in [-0.2, 0) is 4.79 Å². The van der Waals surface area contributed by atoms with Gasteiger partial charge in [-0.05, 0) is 48.9 Å². The Morgan fingerprint density at radius 2 is 1.90 bits per heavy atom. The highest BCUT2D eigenvalue weighted by atomic mass is 32.2. The zero-order chi connectivity index (χ0) is 20.5. The van der Waals surface area contributed by atoms with Gasteiger partial charge in [-0.1, -0.05) is 48.2 Å². The average molecular weight is 421 g/mol. The van der Waals surface area contributed by atoms with E-state index in [2.05, 4.69) is 0 Å². The number of thiocarbonyl (C=S) groups is 1. The lowest BCUT2D eigenvalue weighted by atomic mass is 10.0. The third kappa shape index (κ3) is 3.74. The van der Waals surface area contributed by atoms with Gasteiger partial charge >= 0.3 is 5.97 Å². The van der Waals surface area contributed by atoms with Crippen LogP contribution in [0, 0.1) is 6.92 Å². The van der Waals surface area contributed by atoms with Gasteiger partial charge < -0.3 is 9.52 Å². The molecular weight excluding hydrogens is 406 g/mol. The van der Waals surface area contributed by atoms with Crippen LogP contribution in [0.25, 0.3) is 17.4 Å². The summed E-state index contributed by atoms with van der Waals surface area (Å²) in [6, 6.07) is 17.6. The van der Waals surface area contributed by atoms with E-state index >= 15 is 0 Å². The van der Waals surface area contributed by atoms with Crippen LogP contribution in [0.3, 0.4) is 0 Å². The number of carboxylic acids is 1. The first-order chi connectivity index (χ1) is 13.9. The number of rotatable bonds is 4. The number of benzene rings is 2. The summed E-state index contributed by atoms with van der Waals surface area (Å²) in [7, 11) is 0. The molecule has 1 aromatic heterocycles. The zero-order valence-corrected chi connectivity index (χ0v) is 16.9. The molecule has 0 unspecified atom stereocenters. The second kappa shape index (κ2) is 7.69. The van der Waals surface area contributed by atoms with Gasteiger partial charge in [-0.2, -0.15) is 0 Å². The molecule has 1 saturated heterocycles. The maximum absolute atomic E-state index is 12.8. The van der Waals surface area contributed by atoms with Gasteiger partial charge in [0.15, 0.2) is 4.32 Å². The van der Waals surface area contributed by atoms with Gasteiger partial charge in [-0.25, -0.2) is 4.79 Å². The summed E-state index contributed by atoms with van der Waals surface area (Å²) in [5, 5.41) is 9.22. The Kier molecular flexibility index (Phi) is 5.08. The number of anilines is 1. The van der Waals surface area contributed by atoms with E-state index in [4.69, 9.17) is 16.6 Å². The number of carbonyl (C=O) groups is 2. The highest BCUT2D eigenvalue weighted by Crippen LogP contribution is 2.36. The first-order valence-electron chi connectivity index (χ1n) is 8.71. The Morgan fingerprint density at radius 3 is 2.62 bits per heavy atom. The van der Waals surface area contributed by atoms with Gasteiger partial charge in [0.05, 0.1) is 16.2 Å². The van der Waals surface area contributed by atoms with Crippen molar-refractivity contribution in [3.63, 3.8) is 0 Å². The van der Waals surface area contributed by atoms with Crippen LogP contribution < -0.4 is 4.90 Å². The predicted molar refractivity (Wildman–Crippen MR) is 118 cm³/mol. The summed E-state index contributed by atoms with van der Waals surface area (Å²) in [6.45, 7) is 1.88. The molecule has 144 valence electrons. The maximum Gasteiger partial charge on any atom is 0.335 e. The molecule has 0 atom stereocenters. The molecule has 0 radical (unpaired) electrons. The second-order valence-electron chi connectivity index (χ2n) is 6.39. The molecule has 1 amide bonds. The number of nitrogens with zero attached hydrogens (tertiary/aromatic N) is 1. The smallest absolute Gasteiger partial charge is 0.335 e. The fourth-order valence-electron chi connectivity index (χ4n) is 2.99. The number of amides is 1. The number of carboxylic acid groups (broad SMARTS) is 1. The van der Waals surface area contributed by atoms with Gasteiger partial charge in [0.1, 0.15) is 11.5 Å². The van der Waals surface area contributed by atoms with Crippen molar-refractivity contribution in [3.05, 3.63) is 82.5 Å². The van der Waals surface area contributed by atoms with E-state index in [1.807, 2.05) is 37.3 Å². The molecule has 0 aliphatic carbocycles. The van der Waals surface area contributed by atoms with Gasteiger partial charge in [0.25, 0.3) is 5.91 Å². The summed E-state index contributed by atoms with van der Waals surface area (Å²) in [6.07, 6.45) is 1.65. The van der Waals surface area contributed by atoms with E-state index in [1.54, 1.807) is 36.4 Å². The number of thioether (sulfide) groups is 1. The quantitative estimate of drug-likeness (QED) is 0.452. The van der Waals surface area contributed by atoms with Crippen molar-refractivity contribution in [2.24, 2.45) is 0 Å². The second-order valence-corrected chi connectivity index (χ2v) is 8.07. The third-order valence-electron chi connectivity index (χ3n) is 4.46. The molecule has 29 heavy (non-hydrogen) atoms. The molecule has 0 spiro atoms. The monoisotopic (exact) mass is 421 g/mol. The molecule has 3 aromatic rings. The normalized spacial score (nSPS) is 15.3. The van der Waals surface area contributed by atoms with Gasteiger partial charge in [-0.15, -0.1) is 0 Å². The SMILES string of the molecule is Cc1ccc(C(=O)O)cc1-c1ccc(/C=C2/SC(=S)N(c3ccccc3)C2=O)o1. The molecule has 5 nitrogen and oxygen atoms in total. The molecule has 0 bridgehead atoms. The number of furan rings is 1. The lowest BCUT2D eigenvalue weighted by Gasteiger charge is -2.13. The number of hydrogen-bond donors (Lipinski definition) is 1. The fraction of sp³-hybridized carbons (Fsp3) is 0.0455. The van der Waals surface area contributed by atoms with Crippen molar-refractivity contribution in [2.75, 3.05) is 4.90 Å². The Labute approximate surface area is 176 Å². The van der Waals surface area contributed by atoms with Gasteiger partial charge in [0.2, 0.25) is 0 Å². The molecule has 4 rings (SSSR count). The number of carbonyl (C=O) groups excluding carboxylic acids is 1. The van der Waals surface area contributed by atoms with Crippen LogP contribution in [0.2, 0.25) is 0 Å². The topological polar surface area (TPSA) is 70.8 Å². The van der Waals surface area contributed by atoms with E-state index in [-0.39, 0.29) is 11.5 Å². The zero-order valence-electron chi connectivity index (χ0n) is 15.3. The number of aromatic carboxylic acids is 1. The van der Waals surface area contributed by atoms with Crippen molar-refractivity contribution < 1.29 is 19.1 Å². The number of hydrogen-bond acceptors (Lipinski definition) is 5. The van der Waals surface area contributed by atoms with Crippen molar-refractivity contribution in [3.8, 4) is 11.3 Å². The largest absolute Gasteiger partial charge is 0.478 e. The molecule has 7 heteroatoms. The lowest BCUT2D eigenvalue weighted by Crippen LogP contribution is -2.27. The summed E-state index contributed by atoms with van der Waals surface area (Å²) < 4.78 is 6.34. The summed E-state index contributed by atoms with van der Waals surface area (Å²) in [5.74, 6) is -0.167. The van der Waals surface area contributed by atoms with Crippen LogP contribution in [-0.4, -0.2) is 21.3 Å². The Balaban J connectivity index is 1.64. The van der Waals surface area contributed by atoms with Crippen molar-refractivity contribution >= 4 is 51.9 Å². The van der Waals surface area contributed by atoms with Crippen LogP contribution >= 0.6 is 24.0 Å². The molecule has 2 aromatic carbocycles. The van der Waals surface area contributed by atoms with Crippen LogP contribution in [0.5, 0.6) is 0 Å². The standard InChI is InChI=1S/C22H15NO4S2/c1-13-7-8-14(21(25)26)11-17(13)18-10-9-16(27-18)12-19-20(24)23(22(28)29-19)15-5-3-2-4-6-15/h2-12H,1H3,(H,25,26)/b19-12+. The Bertz CT molecular complexity index is 1160. The Morgan fingerprint density at radius 1 is 1.14 bits per heavy atom. The van der Waals surface area contributed by atoms with Crippen molar-refractivity contribution in [2.45, 2.75) is 6.92 Å². The lowest BCUT2D eigenvalue weighted by molar-refractivity contribution is -0.113. The fourth-order valence-corrected chi connectivity index (χ4v) is 4.27. The van der Waals surface area contributed by atoms with Gasteiger partial charge in [-0.3, -0.25) is 9.69 Å². The first-order valence-corrected chi connectivity index (χ1v) is 9.93.